The van der Waals surface area contributed by atoms with Crippen LogP contribution in [0.4, 0.5) is 4.39 Å². The maximum atomic E-state index is 16.2. The smallest absolute Gasteiger partial charge is 0.234 e. The fourth-order valence-electron chi connectivity index (χ4n) is 6.15. The first-order valence-electron chi connectivity index (χ1n) is 13.5. The molecule has 0 bridgehead atoms. The van der Waals surface area contributed by atoms with Crippen molar-refractivity contribution in [1.29, 1.82) is 0 Å². The molecule has 0 radical (unpaired) electrons. The summed E-state index contributed by atoms with van der Waals surface area (Å²) >= 11 is 0. The second kappa shape index (κ2) is 9.91. The van der Waals surface area contributed by atoms with Crippen LogP contribution in [0.5, 0.6) is 0 Å². The van der Waals surface area contributed by atoms with Crippen molar-refractivity contribution in [1.82, 2.24) is 20.2 Å². The molecule has 4 aromatic rings. The van der Waals surface area contributed by atoms with Gasteiger partial charge in [0.05, 0.1) is 23.2 Å². The molecule has 2 atom stereocenters. The number of halogens is 1. The number of amides is 2. The van der Waals surface area contributed by atoms with Crippen LogP contribution in [0.25, 0.3) is 22.2 Å². The molecule has 2 aromatic carbocycles. The minimum absolute atomic E-state index is 0.229. The van der Waals surface area contributed by atoms with Crippen LogP contribution in [0.15, 0.2) is 65.7 Å². The molecule has 206 valence electrons. The Morgan fingerprint density at radius 2 is 1.95 bits per heavy atom. The molecule has 2 aromatic heterocycles. The minimum Gasteiger partial charge on any atom is -0.444 e. The number of rotatable bonds is 5. The first-order chi connectivity index (χ1) is 19.1. The number of pyridine rings is 1. The summed E-state index contributed by atoms with van der Waals surface area (Å²) in [7, 11) is 0. The number of imide groups is 1. The van der Waals surface area contributed by atoms with Gasteiger partial charge < -0.3 is 9.52 Å². The van der Waals surface area contributed by atoms with Gasteiger partial charge in [-0.15, -0.1) is 0 Å². The lowest BCUT2D eigenvalue weighted by molar-refractivity contribution is -0.134. The van der Waals surface area contributed by atoms with Gasteiger partial charge in [0.1, 0.15) is 5.82 Å². The lowest BCUT2D eigenvalue weighted by Crippen LogP contribution is -2.55. The fraction of sp³-hybridized carbons (Fsp3) is 0.355. The molecule has 9 heteroatoms. The number of aromatic nitrogens is 2. The number of likely N-dealkylation sites (tertiary alicyclic amines) is 1. The third-order valence-electron chi connectivity index (χ3n) is 8.51. The number of carbonyl (C=O) groups excluding carboxylic acids is 2. The molecule has 0 aliphatic carbocycles. The normalized spacial score (nSPS) is 23.4. The number of nitrogens with one attached hydrogen (secondary N) is 1. The van der Waals surface area contributed by atoms with Gasteiger partial charge in [-0.25, -0.2) is 9.37 Å². The molecule has 4 heterocycles. The first-order valence-corrected chi connectivity index (χ1v) is 13.5. The number of oxazole rings is 1. The van der Waals surface area contributed by atoms with Gasteiger partial charge in [0, 0.05) is 54.2 Å². The van der Waals surface area contributed by atoms with E-state index in [2.05, 4.69) is 32.3 Å². The van der Waals surface area contributed by atoms with Crippen LogP contribution in [0.1, 0.15) is 55.7 Å². The number of benzene rings is 2. The molecule has 2 fully saturated rings. The van der Waals surface area contributed by atoms with Crippen molar-refractivity contribution >= 4 is 22.7 Å². The molecular formula is C31H31FN4O4. The summed E-state index contributed by atoms with van der Waals surface area (Å²) in [4.78, 5) is 34.6. The zero-order chi connectivity index (χ0) is 28.1. The SMILES string of the molecule is CC1(C)CN(Cc2ccc(-c3cnco3)cc2)CC[C@@]1(O)c1ccc2ncc(C3CCC(=O)NC3=O)cc2c1F. The Bertz CT molecular complexity index is 1590. The standard InChI is InChI=1S/C31H31FN4O4/c1-30(2)17-36(16-19-3-5-20(6-4-19)26-15-33-18-40-26)12-11-31(30,39)24-8-9-25-23(28(24)32)13-21(14-34-25)22-7-10-27(37)35-29(22)38/h3-6,8-9,13-15,18,22,39H,7,10-12,16-17H2,1-2H3,(H,35,37,38)/t22?,31-/m1/s1. The molecule has 6 rings (SSSR count). The predicted octanol–water partition coefficient (Wildman–Crippen LogP) is 4.67. The van der Waals surface area contributed by atoms with E-state index < -0.39 is 28.7 Å². The van der Waals surface area contributed by atoms with Gasteiger partial charge in [0.2, 0.25) is 11.8 Å². The van der Waals surface area contributed by atoms with Crippen molar-refractivity contribution < 1.29 is 23.5 Å². The van der Waals surface area contributed by atoms with Crippen LogP contribution < -0.4 is 5.32 Å². The van der Waals surface area contributed by atoms with E-state index in [-0.39, 0.29) is 23.3 Å². The van der Waals surface area contributed by atoms with Crippen LogP contribution in [-0.2, 0) is 21.7 Å². The van der Waals surface area contributed by atoms with Gasteiger partial charge in [-0.05, 0) is 36.1 Å². The quantitative estimate of drug-likeness (QED) is 0.353. The Morgan fingerprint density at radius 1 is 1.15 bits per heavy atom. The lowest BCUT2D eigenvalue weighted by Gasteiger charge is -2.50. The van der Waals surface area contributed by atoms with Crippen molar-refractivity contribution in [3.63, 3.8) is 0 Å². The maximum Gasteiger partial charge on any atom is 0.234 e. The summed E-state index contributed by atoms with van der Waals surface area (Å²) < 4.78 is 21.5. The molecule has 0 saturated carbocycles. The third-order valence-corrected chi connectivity index (χ3v) is 8.51. The van der Waals surface area contributed by atoms with Crippen LogP contribution >= 0.6 is 0 Å². The highest BCUT2D eigenvalue weighted by molar-refractivity contribution is 6.01. The zero-order valence-electron chi connectivity index (χ0n) is 22.5. The third kappa shape index (κ3) is 4.59. The van der Waals surface area contributed by atoms with E-state index in [1.165, 1.54) is 6.39 Å². The summed E-state index contributed by atoms with van der Waals surface area (Å²) in [6.45, 7) is 5.80. The number of aliphatic hydroxyl groups is 1. The first kappa shape index (κ1) is 26.3. The molecule has 2 amide bonds. The Morgan fingerprint density at radius 3 is 2.65 bits per heavy atom. The van der Waals surface area contributed by atoms with E-state index in [0.717, 1.165) is 11.1 Å². The average Bonchev–Trinajstić information content (AvgIpc) is 3.47. The Hall–Kier alpha value is -3.95. The van der Waals surface area contributed by atoms with E-state index in [4.69, 9.17) is 4.42 Å². The number of nitrogens with zero attached hydrogens (tertiary/aromatic N) is 3. The van der Waals surface area contributed by atoms with Crippen LogP contribution in [-0.4, -0.2) is 44.9 Å². The highest BCUT2D eigenvalue weighted by Crippen LogP contribution is 2.48. The van der Waals surface area contributed by atoms with Gasteiger partial charge in [0.15, 0.2) is 12.2 Å². The lowest BCUT2D eigenvalue weighted by atomic mass is 9.66. The second-order valence-electron chi connectivity index (χ2n) is 11.5. The highest BCUT2D eigenvalue weighted by Gasteiger charge is 2.50. The summed E-state index contributed by atoms with van der Waals surface area (Å²) in [6, 6.07) is 13.1. The van der Waals surface area contributed by atoms with E-state index in [0.29, 0.717) is 49.3 Å². The van der Waals surface area contributed by atoms with Gasteiger partial charge in [0.25, 0.3) is 0 Å². The molecule has 40 heavy (non-hydrogen) atoms. The summed E-state index contributed by atoms with van der Waals surface area (Å²) in [5.74, 6) is -1.07. The average molecular weight is 543 g/mol. The predicted molar refractivity (Wildman–Crippen MR) is 146 cm³/mol. The minimum atomic E-state index is -1.40. The van der Waals surface area contributed by atoms with Crippen molar-refractivity contribution in [2.24, 2.45) is 5.41 Å². The van der Waals surface area contributed by atoms with Gasteiger partial charge >= 0.3 is 0 Å². The molecule has 8 nitrogen and oxygen atoms in total. The molecule has 2 aliphatic rings. The Kier molecular flexibility index (Phi) is 6.51. The van der Waals surface area contributed by atoms with Crippen molar-refractivity contribution in [3.8, 4) is 11.3 Å². The molecular weight excluding hydrogens is 511 g/mol. The summed E-state index contributed by atoms with van der Waals surface area (Å²) in [5.41, 5.74) is 1.28. The largest absolute Gasteiger partial charge is 0.444 e. The fourth-order valence-corrected chi connectivity index (χ4v) is 6.15. The molecule has 0 spiro atoms. The number of fused-ring (bicyclic) bond motifs is 1. The summed E-state index contributed by atoms with van der Waals surface area (Å²) in [5, 5.41) is 14.6. The van der Waals surface area contributed by atoms with Crippen molar-refractivity contribution in [3.05, 3.63) is 83.8 Å². The van der Waals surface area contributed by atoms with E-state index >= 15 is 4.39 Å². The van der Waals surface area contributed by atoms with E-state index in [9.17, 15) is 14.7 Å². The monoisotopic (exact) mass is 542 g/mol. The van der Waals surface area contributed by atoms with Gasteiger partial charge in [-0.2, -0.15) is 0 Å². The van der Waals surface area contributed by atoms with Crippen molar-refractivity contribution in [2.75, 3.05) is 13.1 Å². The Balaban J connectivity index is 1.24. The molecule has 2 saturated heterocycles. The second-order valence-corrected chi connectivity index (χ2v) is 11.5. The summed E-state index contributed by atoms with van der Waals surface area (Å²) in [6.07, 6.45) is 5.60. The zero-order valence-corrected chi connectivity index (χ0v) is 22.5. The Labute approximate surface area is 231 Å². The molecule has 1 unspecified atom stereocenters. The molecule has 2 aliphatic heterocycles. The number of hydrogen-bond acceptors (Lipinski definition) is 7. The van der Waals surface area contributed by atoms with Crippen LogP contribution in [0.3, 0.4) is 0 Å². The number of carbonyl (C=O) groups is 2. The maximum absolute atomic E-state index is 16.2. The van der Waals surface area contributed by atoms with Crippen molar-refractivity contribution in [2.45, 2.75) is 51.2 Å². The van der Waals surface area contributed by atoms with Crippen LogP contribution in [0.2, 0.25) is 0 Å². The van der Waals surface area contributed by atoms with Gasteiger partial charge in [-0.1, -0.05) is 44.2 Å². The van der Waals surface area contributed by atoms with Gasteiger partial charge in [-0.3, -0.25) is 24.8 Å². The number of piperidine rings is 2. The topological polar surface area (TPSA) is 109 Å². The van der Waals surface area contributed by atoms with E-state index in [1.807, 2.05) is 26.0 Å². The van der Waals surface area contributed by atoms with E-state index in [1.54, 1.807) is 30.6 Å². The highest BCUT2D eigenvalue weighted by atomic mass is 19.1. The molecule has 2 N–H and O–H groups in total. The number of hydrogen-bond donors (Lipinski definition) is 2. The van der Waals surface area contributed by atoms with Crippen LogP contribution in [0, 0.1) is 11.2 Å².